The number of aromatic nitrogens is 5. The van der Waals surface area contributed by atoms with E-state index in [2.05, 4.69) is 34.8 Å². The van der Waals surface area contributed by atoms with Crippen molar-refractivity contribution in [3.8, 4) is 22.7 Å². The van der Waals surface area contributed by atoms with Crippen molar-refractivity contribution < 1.29 is 18.4 Å². The monoisotopic (exact) mass is 509 g/mol. The third-order valence-electron chi connectivity index (χ3n) is 6.27. The Labute approximate surface area is 208 Å². The summed E-state index contributed by atoms with van der Waals surface area (Å²) in [7, 11) is 2.08. The number of carbonyl (C=O) groups is 2. The molecule has 4 aromatic rings. The topological polar surface area (TPSA) is 122 Å². The van der Waals surface area contributed by atoms with Gasteiger partial charge in [0.05, 0.1) is 35.1 Å². The molecule has 0 aliphatic carbocycles. The summed E-state index contributed by atoms with van der Waals surface area (Å²) >= 11 is 0. The Morgan fingerprint density at radius 2 is 2.11 bits per heavy atom. The molecule has 10 nitrogen and oxygen atoms in total. The van der Waals surface area contributed by atoms with E-state index >= 15 is 0 Å². The summed E-state index contributed by atoms with van der Waals surface area (Å²) in [6, 6.07) is 8.59. The Hall–Kier alpha value is -3.85. The summed E-state index contributed by atoms with van der Waals surface area (Å²) in [6.45, 7) is 3.74. The molecule has 3 unspecified atom stereocenters. The number of halogens is 1. The van der Waals surface area contributed by atoms with Gasteiger partial charge in [-0.2, -0.15) is 10.2 Å². The molecule has 1 saturated heterocycles. The van der Waals surface area contributed by atoms with Crippen molar-refractivity contribution in [2.75, 3.05) is 18.4 Å². The van der Waals surface area contributed by atoms with Gasteiger partial charge in [0.15, 0.2) is 5.76 Å². The highest BCUT2D eigenvalue weighted by Crippen LogP contribution is 2.34. The summed E-state index contributed by atoms with van der Waals surface area (Å²) < 4.78 is 21.6. The SMILES string of the molecule is CC(C(=O)N1CC(n2cc(NC(=O)c3ccc(-c4cn[nH]c4)o3)c(-c3ccccn3)n2)C1)C(C)(F)P. The van der Waals surface area contributed by atoms with Gasteiger partial charge in [0, 0.05) is 31.7 Å². The molecule has 5 heterocycles. The highest BCUT2D eigenvalue weighted by Gasteiger charge is 2.40. The lowest BCUT2D eigenvalue weighted by atomic mass is 10.0. The first kappa shape index (κ1) is 23.9. The highest BCUT2D eigenvalue weighted by molar-refractivity contribution is 7.18. The quantitative estimate of drug-likeness (QED) is 0.366. The van der Waals surface area contributed by atoms with Gasteiger partial charge in [-0.3, -0.25) is 24.4 Å². The number of alkyl halides is 1. The lowest BCUT2D eigenvalue weighted by molar-refractivity contribution is -0.143. The first-order valence-electron chi connectivity index (χ1n) is 11.4. The van der Waals surface area contributed by atoms with E-state index in [9.17, 15) is 14.0 Å². The van der Waals surface area contributed by atoms with E-state index in [4.69, 9.17) is 4.42 Å². The summed E-state index contributed by atoms with van der Waals surface area (Å²) in [5.41, 5.74) is 2.26. The molecule has 0 radical (unpaired) electrons. The van der Waals surface area contributed by atoms with E-state index in [1.165, 1.54) is 6.92 Å². The molecule has 2 N–H and O–H groups in total. The number of furan rings is 1. The van der Waals surface area contributed by atoms with Crippen molar-refractivity contribution in [3.05, 3.63) is 60.9 Å². The Kier molecular flexibility index (Phi) is 6.17. The molecular formula is C24H25FN7O3P. The van der Waals surface area contributed by atoms with E-state index < -0.39 is 17.2 Å². The van der Waals surface area contributed by atoms with Crippen LogP contribution in [0.3, 0.4) is 0 Å². The van der Waals surface area contributed by atoms with Crippen LogP contribution in [0.5, 0.6) is 0 Å². The number of aromatic amines is 1. The molecule has 36 heavy (non-hydrogen) atoms. The van der Waals surface area contributed by atoms with Gasteiger partial charge < -0.3 is 14.6 Å². The molecular weight excluding hydrogens is 484 g/mol. The summed E-state index contributed by atoms with van der Waals surface area (Å²) in [5.74, 6) is -0.823. The van der Waals surface area contributed by atoms with Crippen LogP contribution >= 0.6 is 9.24 Å². The van der Waals surface area contributed by atoms with Crippen LogP contribution in [-0.4, -0.2) is 60.2 Å². The number of pyridine rings is 1. The fourth-order valence-corrected chi connectivity index (χ4v) is 4.01. The fourth-order valence-electron chi connectivity index (χ4n) is 3.86. The number of likely N-dealkylation sites (tertiary alicyclic amines) is 1. The summed E-state index contributed by atoms with van der Waals surface area (Å²) in [4.78, 5) is 31.5. The minimum absolute atomic E-state index is 0.110. The molecule has 12 heteroatoms. The lowest BCUT2D eigenvalue weighted by Gasteiger charge is -2.41. The summed E-state index contributed by atoms with van der Waals surface area (Å²) in [5, 5.41) is 12.4. The third-order valence-corrected chi connectivity index (χ3v) is 6.77. The van der Waals surface area contributed by atoms with Gasteiger partial charge in [0.25, 0.3) is 5.91 Å². The molecule has 1 fully saturated rings. The van der Waals surface area contributed by atoms with Crippen molar-refractivity contribution in [3.63, 3.8) is 0 Å². The van der Waals surface area contributed by atoms with Gasteiger partial charge in [0.2, 0.25) is 5.91 Å². The maximum absolute atomic E-state index is 14.2. The Bertz CT molecular complexity index is 1370. The average molecular weight is 509 g/mol. The van der Waals surface area contributed by atoms with Crippen LogP contribution in [0.1, 0.15) is 30.4 Å². The van der Waals surface area contributed by atoms with E-state index in [0.717, 1.165) is 5.56 Å². The van der Waals surface area contributed by atoms with Crippen LogP contribution in [0.4, 0.5) is 10.1 Å². The minimum atomic E-state index is -1.68. The molecule has 0 bridgehead atoms. The molecule has 5 rings (SSSR count). The predicted molar refractivity (Wildman–Crippen MR) is 134 cm³/mol. The Morgan fingerprint density at radius 3 is 2.78 bits per heavy atom. The minimum Gasteiger partial charge on any atom is -0.451 e. The lowest BCUT2D eigenvalue weighted by Crippen LogP contribution is -2.54. The van der Waals surface area contributed by atoms with Crippen LogP contribution in [0.25, 0.3) is 22.7 Å². The molecule has 2 amide bonds. The normalized spacial score (nSPS) is 16.3. The first-order chi connectivity index (χ1) is 17.2. The van der Waals surface area contributed by atoms with Crippen molar-refractivity contribution >= 4 is 26.7 Å². The second kappa shape index (κ2) is 9.31. The number of H-pyrrole nitrogens is 1. The Balaban J connectivity index is 1.35. The molecule has 1 aliphatic rings. The van der Waals surface area contributed by atoms with Crippen molar-refractivity contribution in [1.29, 1.82) is 0 Å². The number of hydrogen-bond donors (Lipinski definition) is 2. The van der Waals surface area contributed by atoms with Crippen LogP contribution in [0.2, 0.25) is 0 Å². The summed E-state index contributed by atoms with van der Waals surface area (Å²) in [6.07, 6.45) is 6.63. The van der Waals surface area contributed by atoms with Gasteiger partial charge in [-0.1, -0.05) is 22.2 Å². The van der Waals surface area contributed by atoms with Crippen molar-refractivity contribution in [2.45, 2.75) is 25.3 Å². The highest BCUT2D eigenvalue weighted by atomic mass is 31.0. The molecule has 0 saturated carbocycles. The zero-order valence-corrected chi connectivity index (χ0v) is 20.8. The predicted octanol–water partition coefficient (Wildman–Crippen LogP) is 3.76. The number of hydrogen-bond acceptors (Lipinski definition) is 6. The molecule has 186 valence electrons. The number of anilines is 1. The van der Waals surface area contributed by atoms with Gasteiger partial charge in [-0.25, -0.2) is 4.39 Å². The number of amides is 2. The molecule has 4 aromatic heterocycles. The Morgan fingerprint density at radius 1 is 1.31 bits per heavy atom. The van der Waals surface area contributed by atoms with Crippen LogP contribution in [0.15, 0.2) is 59.5 Å². The second-order valence-corrected chi connectivity index (χ2v) is 10.1. The molecule has 0 spiro atoms. The van der Waals surface area contributed by atoms with Crippen LogP contribution in [0, 0.1) is 5.92 Å². The largest absolute Gasteiger partial charge is 0.451 e. The zero-order chi connectivity index (χ0) is 25.4. The van der Waals surface area contributed by atoms with Gasteiger partial charge >= 0.3 is 0 Å². The van der Waals surface area contributed by atoms with E-state index in [1.807, 2.05) is 6.07 Å². The van der Waals surface area contributed by atoms with Gasteiger partial charge in [-0.15, -0.1) is 0 Å². The van der Waals surface area contributed by atoms with Gasteiger partial charge in [0.1, 0.15) is 16.9 Å². The molecule has 0 aromatic carbocycles. The van der Waals surface area contributed by atoms with Crippen LogP contribution in [-0.2, 0) is 4.79 Å². The number of carbonyl (C=O) groups excluding carboxylic acids is 2. The zero-order valence-electron chi connectivity index (χ0n) is 19.7. The van der Waals surface area contributed by atoms with E-state index in [-0.39, 0.29) is 17.7 Å². The first-order valence-corrected chi connectivity index (χ1v) is 12.0. The number of nitrogens with zero attached hydrogens (tertiary/aromatic N) is 5. The van der Waals surface area contributed by atoms with Crippen molar-refractivity contribution in [2.24, 2.45) is 5.92 Å². The van der Waals surface area contributed by atoms with Gasteiger partial charge in [-0.05, 0) is 31.2 Å². The smallest absolute Gasteiger partial charge is 0.291 e. The third kappa shape index (κ3) is 4.66. The molecule has 1 aliphatic heterocycles. The number of nitrogens with one attached hydrogen (secondary N) is 2. The van der Waals surface area contributed by atoms with Crippen molar-refractivity contribution in [1.82, 2.24) is 29.9 Å². The maximum Gasteiger partial charge on any atom is 0.291 e. The average Bonchev–Trinajstić information content (AvgIpc) is 3.58. The standard InChI is InChI=1S/C24H25FN7O3P/c1-14(24(2,25)36)23(34)31-11-16(12-31)32-13-18(21(30-32)17-5-3-4-8-26-17)29-22(33)20-7-6-19(35-20)15-9-27-28-10-15/h3-10,13-14,16H,11-12,36H2,1-2H3,(H,27,28)(H,29,33). The maximum atomic E-state index is 14.2. The molecule has 3 atom stereocenters. The van der Waals surface area contributed by atoms with E-state index in [1.54, 1.807) is 65.6 Å². The van der Waals surface area contributed by atoms with Crippen LogP contribution < -0.4 is 5.32 Å². The van der Waals surface area contributed by atoms with E-state index in [0.29, 0.717) is 35.9 Å². The second-order valence-electron chi connectivity index (χ2n) is 8.96. The fraction of sp³-hybridized carbons (Fsp3) is 0.292. The number of rotatable bonds is 7.